The highest BCUT2D eigenvalue weighted by atomic mass is 32.1. The van der Waals surface area contributed by atoms with E-state index in [9.17, 15) is 4.39 Å². The maximum atomic E-state index is 14.1. The molecule has 0 amide bonds. The van der Waals surface area contributed by atoms with Crippen LogP contribution in [0.5, 0.6) is 0 Å². The monoisotopic (exact) mass is 280 g/mol. The summed E-state index contributed by atoms with van der Waals surface area (Å²) in [6.07, 6.45) is 4.97. The van der Waals surface area contributed by atoms with E-state index in [1.54, 1.807) is 6.07 Å². The predicted octanol–water partition coefficient (Wildman–Crippen LogP) is 3.22. The van der Waals surface area contributed by atoms with Crippen LogP contribution in [0.25, 0.3) is 0 Å². The van der Waals surface area contributed by atoms with Crippen molar-refractivity contribution in [2.45, 2.75) is 45.2 Å². The van der Waals surface area contributed by atoms with Gasteiger partial charge < -0.3 is 5.73 Å². The first kappa shape index (κ1) is 14.4. The van der Waals surface area contributed by atoms with Gasteiger partial charge in [0, 0.05) is 23.7 Å². The summed E-state index contributed by atoms with van der Waals surface area (Å²) in [4.78, 5) is 2.61. The zero-order chi connectivity index (χ0) is 13.8. The first-order valence-electron chi connectivity index (χ1n) is 6.90. The van der Waals surface area contributed by atoms with Gasteiger partial charge in [0.05, 0.1) is 0 Å². The maximum Gasteiger partial charge on any atom is 0.128 e. The number of likely N-dealkylation sites (tertiary alicyclic amines) is 1. The molecule has 0 radical (unpaired) electrons. The molecule has 1 aliphatic heterocycles. The van der Waals surface area contributed by atoms with Gasteiger partial charge in [0.1, 0.15) is 10.8 Å². The van der Waals surface area contributed by atoms with Crippen molar-refractivity contribution in [1.82, 2.24) is 4.90 Å². The molecule has 2 nitrogen and oxygen atoms in total. The molecule has 1 aliphatic rings. The van der Waals surface area contributed by atoms with Crippen LogP contribution in [-0.4, -0.2) is 22.5 Å². The number of nitrogens with zero attached hydrogens (tertiary/aromatic N) is 1. The van der Waals surface area contributed by atoms with E-state index in [-0.39, 0.29) is 10.8 Å². The fourth-order valence-electron chi connectivity index (χ4n) is 2.62. The van der Waals surface area contributed by atoms with E-state index in [1.165, 1.54) is 31.7 Å². The summed E-state index contributed by atoms with van der Waals surface area (Å²) >= 11 is 4.86. The molecule has 1 atom stereocenters. The minimum atomic E-state index is -0.207. The van der Waals surface area contributed by atoms with Crippen LogP contribution in [0.3, 0.4) is 0 Å². The van der Waals surface area contributed by atoms with Crippen molar-refractivity contribution in [2.24, 2.45) is 5.73 Å². The second-order valence-corrected chi connectivity index (χ2v) is 5.78. The predicted molar refractivity (Wildman–Crippen MR) is 80.6 cm³/mol. The Kier molecular flexibility index (Phi) is 4.88. The molecule has 1 aromatic rings. The normalized spacial score (nSPS) is 21.1. The van der Waals surface area contributed by atoms with Crippen molar-refractivity contribution < 1.29 is 4.39 Å². The zero-order valence-corrected chi connectivity index (χ0v) is 12.2. The van der Waals surface area contributed by atoms with Crippen LogP contribution in [0.2, 0.25) is 0 Å². The first-order valence-corrected chi connectivity index (χ1v) is 7.31. The van der Waals surface area contributed by atoms with Crippen molar-refractivity contribution in [3.63, 3.8) is 0 Å². The van der Waals surface area contributed by atoms with Gasteiger partial charge in [0.25, 0.3) is 0 Å². The zero-order valence-electron chi connectivity index (χ0n) is 11.4. The van der Waals surface area contributed by atoms with Gasteiger partial charge in [-0.15, -0.1) is 0 Å². The van der Waals surface area contributed by atoms with Gasteiger partial charge in [-0.25, -0.2) is 4.39 Å². The third kappa shape index (κ3) is 3.74. The summed E-state index contributed by atoms with van der Waals surface area (Å²) in [5, 5.41) is 0. The Morgan fingerprint density at radius 1 is 1.42 bits per heavy atom. The van der Waals surface area contributed by atoms with E-state index in [1.807, 2.05) is 6.07 Å². The summed E-state index contributed by atoms with van der Waals surface area (Å²) in [6, 6.07) is 5.59. The lowest BCUT2D eigenvalue weighted by Gasteiger charge is -2.27. The topological polar surface area (TPSA) is 29.3 Å². The minimum Gasteiger partial charge on any atom is -0.389 e. The molecule has 1 unspecified atom stereocenters. The van der Waals surface area contributed by atoms with Gasteiger partial charge >= 0.3 is 0 Å². The summed E-state index contributed by atoms with van der Waals surface area (Å²) in [5.41, 5.74) is 6.84. The van der Waals surface area contributed by atoms with E-state index in [0.717, 1.165) is 12.1 Å². The van der Waals surface area contributed by atoms with Crippen molar-refractivity contribution >= 4 is 17.2 Å². The molecule has 0 aromatic heterocycles. The van der Waals surface area contributed by atoms with Crippen LogP contribution in [0, 0.1) is 5.82 Å². The van der Waals surface area contributed by atoms with Crippen LogP contribution >= 0.6 is 12.2 Å². The van der Waals surface area contributed by atoms with Gasteiger partial charge in [-0.1, -0.05) is 37.2 Å². The molecule has 2 rings (SSSR count). The van der Waals surface area contributed by atoms with Crippen LogP contribution < -0.4 is 5.73 Å². The van der Waals surface area contributed by atoms with E-state index in [2.05, 4.69) is 11.8 Å². The van der Waals surface area contributed by atoms with Gasteiger partial charge in [-0.2, -0.15) is 0 Å². The average molecular weight is 280 g/mol. The second kappa shape index (κ2) is 6.44. The Morgan fingerprint density at radius 3 is 2.89 bits per heavy atom. The van der Waals surface area contributed by atoms with E-state index in [0.29, 0.717) is 18.2 Å². The molecule has 1 fully saturated rings. The van der Waals surface area contributed by atoms with E-state index < -0.39 is 0 Å². The highest BCUT2D eigenvalue weighted by Gasteiger charge is 2.18. The molecule has 1 aromatic carbocycles. The molecule has 1 heterocycles. The molecule has 0 bridgehead atoms. The fraction of sp³-hybridized carbons (Fsp3) is 0.533. The lowest BCUT2D eigenvalue weighted by molar-refractivity contribution is 0.202. The van der Waals surface area contributed by atoms with E-state index >= 15 is 0 Å². The SMILES string of the molecule is CC1CCCCCN1Cc1ccc(C(N)=S)cc1F. The van der Waals surface area contributed by atoms with Gasteiger partial charge in [0.15, 0.2) is 0 Å². The number of nitrogens with two attached hydrogens (primary N) is 1. The third-order valence-electron chi connectivity index (χ3n) is 3.90. The Hall–Kier alpha value is -1.00. The van der Waals surface area contributed by atoms with Crippen molar-refractivity contribution in [2.75, 3.05) is 6.54 Å². The molecular formula is C15H21FN2S. The van der Waals surface area contributed by atoms with Gasteiger partial charge in [-0.3, -0.25) is 4.90 Å². The lowest BCUT2D eigenvalue weighted by atomic mass is 10.1. The smallest absolute Gasteiger partial charge is 0.128 e. The molecule has 0 aliphatic carbocycles. The lowest BCUT2D eigenvalue weighted by Crippen LogP contribution is -2.32. The average Bonchev–Trinajstić information content (AvgIpc) is 2.57. The summed E-state index contributed by atoms with van der Waals surface area (Å²) in [5.74, 6) is -0.207. The number of halogens is 1. The van der Waals surface area contributed by atoms with Crippen molar-refractivity contribution in [1.29, 1.82) is 0 Å². The van der Waals surface area contributed by atoms with Crippen LogP contribution in [0.15, 0.2) is 18.2 Å². The summed E-state index contributed by atoms with van der Waals surface area (Å²) < 4.78 is 14.1. The quantitative estimate of drug-likeness (QED) is 0.862. The van der Waals surface area contributed by atoms with E-state index in [4.69, 9.17) is 18.0 Å². The third-order valence-corrected chi connectivity index (χ3v) is 4.14. The molecule has 19 heavy (non-hydrogen) atoms. The molecule has 1 saturated heterocycles. The Labute approximate surface area is 119 Å². The maximum absolute atomic E-state index is 14.1. The number of rotatable bonds is 3. The van der Waals surface area contributed by atoms with Crippen LogP contribution in [-0.2, 0) is 6.54 Å². The standard InChI is InChI=1S/C15H21FN2S/c1-11-5-3-2-4-8-18(11)10-13-7-6-12(15(17)19)9-14(13)16/h6-7,9,11H,2-5,8,10H2,1H3,(H2,17,19). The molecular weight excluding hydrogens is 259 g/mol. The highest BCUT2D eigenvalue weighted by molar-refractivity contribution is 7.80. The Morgan fingerprint density at radius 2 is 2.21 bits per heavy atom. The number of hydrogen-bond acceptors (Lipinski definition) is 2. The second-order valence-electron chi connectivity index (χ2n) is 5.34. The molecule has 0 spiro atoms. The fourth-order valence-corrected chi connectivity index (χ4v) is 2.74. The number of thiocarbonyl (C=S) groups is 1. The molecule has 104 valence electrons. The Bertz CT molecular complexity index is 461. The minimum absolute atomic E-state index is 0.207. The molecule has 2 N–H and O–H groups in total. The largest absolute Gasteiger partial charge is 0.389 e. The van der Waals surface area contributed by atoms with Crippen molar-refractivity contribution in [3.8, 4) is 0 Å². The van der Waals surface area contributed by atoms with Crippen LogP contribution in [0.1, 0.15) is 43.7 Å². The van der Waals surface area contributed by atoms with Crippen LogP contribution in [0.4, 0.5) is 4.39 Å². The Balaban J connectivity index is 2.11. The van der Waals surface area contributed by atoms with Gasteiger partial charge in [0.2, 0.25) is 0 Å². The van der Waals surface area contributed by atoms with Crippen molar-refractivity contribution in [3.05, 3.63) is 35.1 Å². The first-order chi connectivity index (χ1) is 9.08. The number of benzene rings is 1. The molecule has 4 heteroatoms. The number of hydrogen-bond donors (Lipinski definition) is 1. The summed E-state index contributed by atoms with van der Waals surface area (Å²) in [7, 11) is 0. The highest BCUT2D eigenvalue weighted by Crippen LogP contribution is 2.20. The molecule has 0 saturated carbocycles. The summed E-state index contributed by atoms with van der Waals surface area (Å²) in [6.45, 7) is 3.95. The van der Waals surface area contributed by atoms with Gasteiger partial charge in [-0.05, 0) is 32.4 Å².